The van der Waals surface area contributed by atoms with Crippen LogP contribution >= 0.6 is 0 Å². The highest BCUT2D eigenvalue weighted by Crippen LogP contribution is 2.37. The number of carbonyl (C=O) groups excluding carboxylic acids is 2. The molecule has 7 heteroatoms. The minimum absolute atomic E-state index is 0.153. The Morgan fingerprint density at radius 2 is 1.74 bits per heavy atom. The lowest BCUT2D eigenvalue weighted by atomic mass is 10.1. The van der Waals surface area contributed by atoms with E-state index in [2.05, 4.69) is 0 Å². The number of hydrogen-bond donors (Lipinski definition) is 0. The van der Waals surface area contributed by atoms with Gasteiger partial charge in [0, 0.05) is 23.3 Å². The van der Waals surface area contributed by atoms with Gasteiger partial charge in [-0.1, -0.05) is 30.3 Å². The standard InChI is InChI=1S/C27H24O7/c1-4-32-27(29)26(17-8-6-5-7-9-17)33-20-12-13-21-23(16-20)34-24(25(21)28)14-18-10-11-19(30-2)15-22(18)31-3/h5-16,26H,4H2,1-3H3/b24-14-. The van der Waals surface area contributed by atoms with E-state index < -0.39 is 12.1 Å². The quantitative estimate of drug-likeness (QED) is 0.346. The molecule has 3 aromatic carbocycles. The van der Waals surface area contributed by atoms with Crippen LogP contribution in [0.25, 0.3) is 6.08 Å². The summed E-state index contributed by atoms with van der Waals surface area (Å²) in [5.74, 6) is 1.29. The van der Waals surface area contributed by atoms with E-state index in [9.17, 15) is 9.59 Å². The number of ether oxygens (including phenoxy) is 5. The smallest absolute Gasteiger partial charge is 0.352 e. The van der Waals surface area contributed by atoms with Gasteiger partial charge in [0.05, 0.1) is 26.4 Å². The number of fused-ring (bicyclic) bond motifs is 1. The number of hydrogen-bond acceptors (Lipinski definition) is 7. The van der Waals surface area contributed by atoms with Crippen molar-refractivity contribution in [3.63, 3.8) is 0 Å². The second kappa shape index (κ2) is 10.1. The molecule has 1 heterocycles. The van der Waals surface area contributed by atoms with Gasteiger partial charge in [-0.05, 0) is 37.3 Å². The van der Waals surface area contributed by atoms with Crippen molar-refractivity contribution in [2.24, 2.45) is 0 Å². The van der Waals surface area contributed by atoms with Crippen molar-refractivity contribution in [3.05, 3.63) is 89.2 Å². The molecule has 0 aromatic heterocycles. The maximum atomic E-state index is 12.9. The summed E-state index contributed by atoms with van der Waals surface area (Å²) < 4.78 is 27.6. The van der Waals surface area contributed by atoms with Gasteiger partial charge in [0.25, 0.3) is 0 Å². The Kier molecular flexibility index (Phi) is 6.82. The fourth-order valence-electron chi connectivity index (χ4n) is 3.55. The van der Waals surface area contributed by atoms with Crippen molar-refractivity contribution < 1.29 is 33.3 Å². The molecular weight excluding hydrogens is 436 g/mol. The second-order valence-electron chi connectivity index (χ2n) is 7.37. The highest BCUT2D eigenvalue weighted by atomic mass is 16.6. The minimum Gasteiger partial charge on any atom is -0.497 e. The average Bonchev–Trinajstić information content (AvgIpc) is 3.17. The van der Waals surface area contributed by atoms with Crippen molar-refractivity contribution in [2.45, 2.75) is 13.0 Å². The Bertz CT molecular complexity index is 1230. The molecule has 1 aliphatic heterocycles. The molecule has 0 radical (unpaired) electrons. The molecule has 0 saturated heterocycles. The summed E-state index contributed by atoms with van der Waals surface area (Å²) >= 11 is 0. The Balaban J connectivity index is 1.60. The molecule has 174 valence electrons. The van der Waals surface area contributed by atoms with E-state index in [1.807, 2.05) is 18.2 Å². The van der Waals surface area contributed by atoms with Gasteiger partial charge in [-0.3, -0.25) is 4.79 Å². The predicted molar refractivity (Wildman–Crippen MR) is 125 cm³/mol. The maximum Gasteiger partial charge on any atom is 0.352 e. The molecule has 34 heavy (non-hydrogen) atoms. The van der Waals surface area contributed by atoms with Crippen LogP contribution in [-0.2, 0) is 9.53 Å². The highest BCUT2D eigenvalue weighted by molar-refractivity contribution is 6.14. The molecule has 1 aliphatic rings. The fourth-order valence-corrected chi connectivity index (χ4v) is 3.55. The molecule has 0 fully saturated rings. The van der Waals surface area contributed by atoms with E-state index in [0.29, 0.717) is 39.7 Å². The average molecular weight is 460 g/mol. The lowest BCUT2D eigenvalue weighted by molar-refractivity contribution is -0.151. The van der Waals surface area contributed by atoms with Gasteiger partial charge < -0.3 is 23.7 Å². The molecule has 0 spiro atoms. The van der Waals surface area contributed by atoms with Crippen molar-refractivity contribution in [3.8, 4) is 23.0 Å². The Labute approximate surface area is 197 Å². The van der Waals surface area contributed by atoms with Crippen LogP contribution in [0.2, 0.25) is 0 Å². The van der Waals surface area contributed by atoms with E-state index in [4.69, 9.17) is 23.7 Å². The monoisotopic (exact) mass is 460 g/mol. The SMILES string of the molecule is CCOC(=O)C(Oc1ccc2c(c1)O/C(=C\c1ccc(OC)cc1OC)C2=O)c1ccccc1. The number of esters is 1. The number of ketones is 1. The zero-order valence-electron chi connectivity index (χ0n) is 19.1. The molecule has 4 rings (SSSR count). The van der Waals surface area contributed by atoms with Crippen LogP contribution in [0.3, 0.4) is 0 Å². The van der Waals surface area contributed by atoms with Gasteiger partial charge in [-0.15, -0.1) is 0 Å². The topological polar surface area (TPSA) is 80.3 Å². The summed E-state index contributed by atoms with van der Waals surface area (Å²) in [6, 6.07) is 19.2. The van der Waals surface area contributed by atoms with E-state index in [1.165, 1.54) is 0 Å². The molecule has 0 bridgehead atoms. The normalized spacial score (nSPS) is 14.2. The Morgan fingerprint density at radius 3 is 2.44 bits per heavy atom. The van der Waals surface area contributed by atoms with Crippen LogP contribution in [0.1, 0.15) is 34.5 Å². The summed E-state index contributed by atoms with van der Waals surface area (Å²) in [6.45, 7) is 1.97. The summed E-state index contributed by atoms with van der Waals surface area (Å²) in [5.41, 5.74) is 1.73. The zero-order valence-corrected chi connectivity index (χ0v) is 19.1. The fraction of sp³-hybridized carbons (Fsp3) is 0.185. The van der Waals surface area contributed by atoms with Crippen LogP contribution in [0, 0.1) is 0 Å². The molecule has 1 unspecified atom stereocenters. The van der Waals surface area contributed by atoms with Gasteiger partial charge in [0.2, 0.25) is 11.9 Å². The van der Waals surface area contributed by atoms with Crippen LogP contribution in [0.5, 0.6) is 23.0 Å². The Morgan fingerprint density at radius 1 is 0.971 bits per heavy atom. The number of allylic oxidation sites excluding steroid dienone is 1. The molecule has 3 aromatic rings. The molecule has 0 saturated carbocycles. The first kappa shape index (κ1) is 22.9. The van der Waals surface area contributed by atoms with Crippen molar-refractivity contribution >= 4 is 17.8 Å². The zero-order chi connectivity index (χ0) is 24.1. The number of Topliss-reactive ketones (excluding diaryl/α,β-unsaturated/α-hetero) is 1. The lowest BCUT2D eigenvalue weighted by Crippen LogP contribution is -2.21. The summed E-state index contributed by atoms with van der Waals surface area (Å²) in [7, 11) is 3.11. The van der Waals surface area contributed by atoms with Crippen LogP contribution < -0.4 is 18.9 Å². The van der Waals surface area contributed by atoms with Gasteiger partial charge in [0.15, 0.2) is 5.76 Å². The third-order valence-corrected chi connectivity index (χ3v) is 5.23. The maximum absolute atomic E-state index is 12.9. The van der Waals surface area contributed by atoms with Gasteiger partial charge in [-0.2, -0.15) is 0 Å². The van der Waals surface area contributed by atoms with E-state index in [1.54, 1.807) is 75.8 Å². The molecular formula is C27H24O7. The van der Waals surface area contributed by atoms with Crippen molar-refractivity contribution in [2.75, 3.05) is 20.8 Å². The van der Waals surface area contributed by atoms with Crippen LogP contribution in [-0.4, -0.2) is 32.6 Å². The third-order valence-electron chi connectivity index (χ3n) is 5.23. The van der Waals surface area contributed by atoms with Crippen LogP contribution in [0.4, 0.5) is 0 Å². The molecule has 1 atom stereocenters. The molecule has 7 nitrogen and oxygen atoms in total. The first-order valence-corrected chi connectivity index (χ1v) is 10.7. The van der Waals surface area contributed by atoms with E-state index >= 15 is 0 Å². The lowest BCUT2D eigenvalue weighted by Gasteiger charge is -2.18. The minimum atomic E-state index is -0.949. The second-order valence-corrected chi connectivity index (χ2v) is 7.37. The summed E-state index contributed by atoms with van der Waals surface area (Å²) in [6.07, 6.45) is 0.668. The number of methoxy groups -OCH3 is 2. The first-order valence-electron chi connectivity index (χ1n) is 10.7. The van der Waals surface area contributed by atoms with E-state index in [-0.39, 0.29) is 18.1 Å². The number of rotatable bonds is 8. The van der Waals surface area contributed by atoms with Crippen molar-refractivity contribution in [1.82, 2.24) is 0 Å². The third kappa shape index (κ3) is 4.73. The summed E-state index contributed by atoms with van der Waals surface area (Å²) in [5, 5.41) is 0. The summed E-state index contributed by atoms with van der Waals surface area (Å²) in [4.78, 5) is 25.4. The van der Waals surface area contributed by atoms with E-state index in [0.717, 1.165) is 0 Å². The predicted octanol–water partition coefficient (Wildman–Crippen LogP) is 5.00. The Hall–Kier alpha value is -4.26. The molecule has 0 amide bonds. The molecule has 0 N–H and O–H groups in total. The van der Waals surface area contributed by atoms with Crippen molar-refractivity contribution in [1.29, 1.82) is 0 Å². The van der Waals surface area contributed by atoms with Gasteiger partial charge >= 0.3 is 5.97 Å². The first-order chi connectivity index (χ1) is 16.5. The largest absolute Gasteiger partial charge is 0.497 e. The van der Waals surface area contributed by atoms with Gasteiger partial charge in [-0.25, -0.2) is 4.79 Å². The van der Waals surface area contributed by atoms with Gasteiger partial charge in [0.1, 0.15) is 23.0 Å². The van der Waals surface area contributed by atoms with Crippen LogP contribution in [0.15, 0.2) is 72.5 Å². The number of benzene rings is 3. The number of carbonyl (C=O) groups is 2. The highest BCUT2D eigenvalue weighted by Gasteiger charge is 2.30. The molecule has 0 aliphatic carbocycles.